The Kier molecular flexibility index (Phi) is 3.06. The zero-order valence-corrected chi connectivity index (χ0v) is 12.5. The molecule has 1 heterocycles. The first-order chi connectivity index (χ1) is 9.54. The number of aryl methyl sites for hydroxylation is 4. The Morgan fingerprint density at radius 3 is 2.20 bits per heavy atom. The third-order valence-corrected chi connectivity index (χ3v) is 3.81. The molecule has 0 radical (unpaired) electrons. The van der Waals surface area contributed by atoms with E-state index in [1.807, 2.05) is 0 Å². The molecule has 20 heavy (non-hydrogen) atoms. The Morgan fingerprint density at radius 2 is 1.40 bits per heavy atom. The predicted octanol–water partition coefficient (Wildman–Crippen LogP) is 5.14. The third kappa shape index (κ3) is 2.20. The summed E-state index contributed by atoms with van der Waals surface area (Å²) in [5, 5.41) is 1.21. The van der Waals surface area contributed by atoms with Crippen LogP contribution >= 0.6 is 0 Å². The van der Waals surface area contributed by atoms with E-state index in [1.54, 1.807) is 0 Å². The van der Waals surface area contributed by atoms with Crippen molar-refractivity contribution >= 4 is 10.9 Å². The van der Waals surface area contributed by atoms with Gasteiger partial charge in [-0.05, 0) is 62.6 Å². The van der Waals surface area contributed by atoms with Crippen molar-refractivity contribution in [2.45, 2.75) is 27.7 Å². The van der Waals surface area contributed by atoms with E-state index in [2.05, 4.69) is 70.2 Å². The minimum Gasteiger partial charge on any atom is -0.247 e. The van der Waals surface area contributed by atoms with Crippen LogP contribution in [0.3, 0.4) is 0 Å². The van der Waals surface area contributed by atoms with Crippen LogP contribution in [0, 0.1) is 27.7 Å². The van der Waals surface area contributed by atoms with E-state index in [0.717, 1.165) is 11.2 Å². The first-order valence-electron chi connectivity index (χ1n) is 7.00. The molecule has 0 bridgehead atoms. The minimum atomic E-state index is 1.08. The van der Waals surface area contributed by atoms with E-state index in [0.29, 0.717) is 0 Å². The SMILES string of the molecule is Cc1ccc(C)c(-c2nc3cc(C)ccc3cc2C)c1. The average Bonchev–Trinajstić information content (AvgIpc) is 2.41. The standard InChI is InChI=1S/C19H19N/c1-12-5-7-14(3)17(9-12)19-15(4)11-16-8-6-13(2)10-18(16)20-19/h5-11H,1-4H3. The minimum absolute atomic E-state index is 1.08. The van der Waals surface area contributed by atoms with Gasteiger partial charge in [0.2, 0.25) is 0 Å². The zero-order chi connectivity index (χ0) is 14.3. The fourth-order valence-corrected chi connectivity index (χ4v) is 2.65. The molecule has 100 valence electrons. The summed E-state index contributed by atoms with van der Waals surface area (Å²) in [6.07, 6.45) is 0. The maximum Gasteiger partial charge on any atom is 0.0741 e. The van der Waals surface area contributed by atoms with Crippen molar-refractivity contribution in [2.24, 2.45) is 0 Å². The van der Waals surface area contributed by atoms with Crippen LogP contribution in [0.4, 0.5) is 0 Å². The van der Waals surface area contributed by atoms with Gasteiger partial charge in [-0.15, -0.1) is 0 Å². The average molecular weight is 261 g/mol. The van der Waals surface area contributed by atoms with Crippen molar-refractivity contribution in [2.75, 3.05) is 0 Å². The molecule has 0 aliphatic carbocycles. The predicted molar refractivity (Wildman–Crippen MR) is 86.1 cm³/mol. The van der Waals surface area contributed by atoms with Gasteiger partial charge >= 0.3 is 0 Å². The first kappa shape index (κ1) is 12.9. The second-order valence-corrected chi connectivity index (χ2v) is 5.67. The first-order valence-corrected chi connectivity index (χ1v) is 7.00. The van der Waals surface area contributed by atoms with Crippen LogP contribution in [0.15, 0.2) is 42.5 Å². The molecule has 0 atom stereocenters. The monoisotopic (exact) mass is 261 g/mol. The molecule has 0 spiro atoms. The molecule has 0 aliphatic heterocycles. The third-order valence-electron chi connectivity index (χ3n) is 3.81. The highest BCUT2D eigenvalue weighted by Crippen LogP contribution is 2.28. The number of hydrogen-bond donors (Lipinski definition) is 0. The lowest BCUT2D eigenvalue weighted by molar-refractivity contribution is 1.29. The van der Waals surface area contributed by atoms with Crippen LogP contribution in [0.1, 0.15) is 22.3 Å². The highest BCUT2D eigenvalue weighted by Gasteiger charge is 2.09. The molecular weight excluding hydrogens is 242 g/mol. The topological polar surface area (TPSA) is 12.9 Å². The van der Waals surface area contributed by atoms with Gasteiger partial charge in [-0.3, -0.25) is 0 Å². The van der Waals surface area contributed by atoms with Gasteiger partial charge in [-0.1, -0.05) is 29.8 Å². The van der Waals surface area contributed by atoms with E-state index >= 15 is 0 Å². The van der Waals surface area contributed by atoms with Gasteiger partial charge in [0.1, 0.15) is 0 Å². The molecule has 0 saturated carbocycles. The molecule has 2 aromatic carbocycles. The maximum absolute atomic E-state index is 4.91. The molecule has 0 amide bonds. The summed E-state index contributed by atoms with van der Waals surface area (Å²) in [6, 6.07) is 15.2. The van der Waals surface area contributed by atoms with E-state index in [-0.39, 0.29) is 0 Å². The van der Waals surface area contributed by atoms with Crippen LogP contribution in [0.2, 0.25) is 0 Å². The van der Waals surface area contributed by atoms with E-state index in [1.165, 1.54) is 33.2 Å². The smallest absolute Gasteiger partial charge is 0.0741 e. The summed E-state index contributed by atoms with van der Waals surface area (Å²) in [6.45, 7) is 8.53. The number of pyridine rings is 1. The quantitative estimate of drug-likeness (QED) is 0.591. The maximum atomic E-state index is 4.91. The lowest BCUT2D eigenvalue weighted by atomic mass is 9.98. The lowest BCUT2D eigenvalue weighted by Crippen LogP contribution is -1.93. The largest absolute Gasteiger partial charge is 0.247 e. The van der Waals surface area contributed by atoms with Gasteiger partial charge in [0, 0.05) is 10.9 Å². The van der Waals surface area contributed by atoms with Gasteiger partial charge in [-0.25, -0.2) is 4.98 Å². The summed E-state index contributed by atoms with van der Waals surface area (Å²) in [4.78, 5) is 4.91. The molecule has 0 saturated heterocycles. The second-order valence-electron chi connectivity index (χ2n) is 5.67. The van der Waals surface area contributed by atoms with E-state index in [4.69, 9.17) is 4.98 Å². The molecule has 0 N–H and O–H groups in total. The molecule has 1 aromatic heterocycles. The number of fused-ring (bicyclic) bond motifs is 1. The number of nitrogens with zero attached hydrogens (tertiary/aromatic N) is 1. The van der Waals surface area contributed by atoms with E-state index in [9.17, 15) is 0 Å². The van der Waals surface area contributed by atoms with Gasteiger partial charge in [-0.2, -0.15) is 0 Å². The van der Waals surface area contributed by atoms with Crippen LogP contribution in [0.5, 0.6) is 0 Å². The van der Waals surface area contributed by atoms with Gasteiger partial charge < -0.3 is 0 Å². The summed E-state index contributed by atoms with van der Waals surface area (Å²) in [5.41, 5.74) is 8.45. The van der Waals surface area contributed by atoms with Gasteiger partial charge in [0.05, 0.1) is 11.2 Å². The molecule has 0 unspecified atom stereocenters. The number of rotatable bonds is 1. The Morgan fingerprint density at radius 1 is 0.700 bits per heavy atom. The molecule has 1 nitrogen and oxygen atoms in total. The van der Waals surface area contributed by atoms with Crippen LogP contribution in [0.25, 0.3) is 22.2 Å². The van der Waals surface area contributed by atoms with Crippen molar-refractivity contribution in [1.82, 2.24) is 4.98 Å². The molecule has 3 rings (SSSR count). The second kappa shape index (κ2) is 4.75. The van der Waals surface area contributed by atoms with E-state index < -0.39 is 0 Å². The Balaban J connectivity index is 2.30. The summed E-state index contributed by atoms with van der Waals surface area (Å²) in [5.74, 6) is 0. The summed E-state index contributed by atoms with van der Waals surface area (Å²) in [7, 11) is 0. The Hall–Kier alpha value is -2.15. The van der Waals surface area contributed by atoms with Crippen molar-refractivity contribution in [3.63, 3.8) is 0 Å². The summed E-state index contributed by atoms with van der Waals surface area (Å²) >= 11 is 0. The molecule has 1 heteroatoms. The van der Waals surface area contributed by atoms with Crippen molar-refractivity contribution < 1.29 is 0 Å². The van der Waals surface area contributed by atoms with Crippen molar-refractivity contribution in [3.8, 4) is 11.3 Å². The fourth-order valence-electron chi connectivity index (χ4n) is 2.65. The number of hydrogen-bond acceptors (Lipinski definition) is 1. The summed E-state index contributed by atoms with van der Waals surface area (Å²) < 4.78 is 0. The Bertz CT molecular complexity index is 800. The normalized spacial score (nSPS) is 11.0. The van der Waals surface area contributed by atoms with Gasteiger partial charge in [0.25, 0.3) is 0 Å². The van der Waals surface area contributed by atoms with Crippen LogP contribution < -0.4 is 0 Å². The molecule has 0 fully saturated rings. The molecule has 0 aliphatic rings. The van der Waals surface area contributed by atoms with Crippen molar-refractivity contribution in [1.29, 1.82) is 0 Å². The molecular formula is C19H19N. The number of benzene rings is 2. The van der Waals surface area contributed by atoms with Crippen LogP contribution in [-0.2, 0) is 0 Å². The highest BCUT2D eigenvalue weighted by atomic mass is 14.7. The Labute approximate surface area is 120 Å². The fraction of sp³-hybridized carbons (Fsp3) is 0.211. The highest BCUT2D eigenvalue weighted by molar-refractivity contribution is 5.84. The molecule has 3 aromatic rings. The number of aromatic nitrogens is 1. The van der Waals surface area contributed by atoms with Gasteiger partial charge in [0.15, 0.2) is 0 Å². The van der Waals surface area contributed by atoms with Crippen LogP contribution in [-0.4, -0.2) is 4.98 Å². The zero-order valence-electron chi connectivity index (χ0n) is 12.5. The lowest BCUT2D eigenvalue weighted by Gasteiger charge is -2.11. The van der Waals surface area contributed by atoms with Crippen molar-refractivity contribution in [3.05, 3.63) is 64.7 Å².